The van der Waals surface area contributed by atoms with E-state index in [1.165, 1.54) is 0 Å². The standard InChI is InChI=1S/C12H15BrO3/c1-12(2,7-14)8-5-10-11(6-9(8)13)16-4-3-15-10/h5-6,14H,3-4,7H2,1-2H3. The lowest BCUT2D eigenvalue weighted by Crippen LogP contribution is -2.23. The summed E-state index contributed by atoms with van der Waals surface area (Å²) in [6.07, 6.45) is 0. The van der Waals surface area contributed by atoms with Crippen molar-refractivity contribution in [2.75, 3.05) is 19.8 Å². The lowest BCUT2D eigenvalue weighted by molar-refractivity contribution is 0.170. The Morgan fingerprint density at radius 3 is 2.38 bits per heavy atom. The van der Waals surface area contributed by atoms with E-state index in [0.29, 0.717) is 13.2 Å². The van der Waals surface area contributed by atoms with Crippen LogP contribution in [0, 0.1) is 0 Å². The van der Waals surface area contributed by atoms with E-state index in [-0.39, 0.29) is 12.0 Å². The van der Waals surface area contributed by atoms with Gasteiger partial charge in [0.2, 0.25) is 0 Å². The van der Waals surface area contributed by atoms with Gasteiger partial charge in [-0.15, -0.1) is 0 Å². The summed E-state index contributed by atoms with van der Waals surface area (Å²) in [5, 5.41) is 9.38. The number of hydrogen-bond acceptors (Lipinski definition) is 3. The van der Waals surface area contributed by atoms with Crippen LogP contribution in [0.3, 0.4) is 0 Å². The molecule has 0 amide bonds. The van der Waals surface area contributed by atoms with Crippen LogP contribution < -0.4 is 9.47 Å². The number of aliphatic hydroxyl groups is 1. The summed E-state index contributed by atoms with van der Waals surface area (Å²) in [4.78, 5) is 0. The Labute approximate surface area is 104 Å². The second-order valence-electron chi connectivity index (χ2n) is 4.52. The molecule has 1 aliphatic heterocycles. The molecule has 1 aromatic carbocycles. The molecule has 0 saturated heterocycles. The second kappa shape index (κ2) is 4.26. The van der Waals surface area contributed by atoms with Gasteiger partial charge in [0.25, 0.3) is 0 Å². The number of ether oxygens (including phenoxy) is 2. The van der Waals surface area contributed by atoms with Crippen molar-refractivity contribution in [1.82, 2.24) is 0 Å². The summed E-state index contributed by atoms with van der Waals surface area (Å²) in [5.74, 6) is 1.52. The Balaban J connectivity index is 2.47. The second-order valence-corrected chi connectivity index (χ2v) is 5.37. The largest absolute Gasteiger partial charge is 0.486 e. The lowest BCUT2D eigenvalue weighted by Gasteiger charge is -2.27. The normalized spacial score (nSPS) is 15.0. The molecule has 0 radical (unpaired) electrons. The summed E-state index contributed by atoms with van der Waals surface area (Å²) in [6, 6.07) is 3.84. The maximum Gasteiger partial charge on any atom is 0.162 e. The third-order valence-corrected chi connectivity index (χ3v) is 3.41. The first-order chi connectivity index (χ1) is 7.54. The van der Waals surface area contributed by atoms with E-state index in [4.69, 9.17) is 9.47 Å². The lowest BCUT2D eigenvalue weighted by atomic mass is 9.85. The smallest absolute Gasteiger partial charge is 0.162 e. The Kier molecular flexibility index (Phi) is 3.13. The molecule has 1 aliphatic rings. The Bertz CT molecular complexity index is 401. The van der Waals surface area contributed by atoms with Crippen LogP contribution >= 0.6 is 15.9 Å². The van der Waals surface area contributed by atoms with Gasteiger partial charge in [0.05, 0.1) is 6.61 Å². The number of aliphatic hydroxyl groups excluding tert-OH is 1. The van der Waals surface area contributed by atoms with Crippen LogP contribution in [0.15, 0.2) is 16.6 Å². The maximum atomic E-state index is 9.38. The highest BCUT2D eigenvalue weighted by Crippen LogP contribution is 2.40. The van der Waals surface area contributed by atoms with E-state index in [2.05, 4.69) is 15.9 Å². The Morgan fingerprint density at radius 2 is 1.81 bits per heavy atom. The van der Waals surface area contributed by atoms with Crippen LogP contribution in [0.2, 0.25) is 0 Å². The molecule has 2 rings (SSSR count). The van der Waals surface area contributed by atoms with Crippen LogP contribution in [-0.4, -0.2) is 24.9 Å². The monoisotopic (exact) mass is 286 g/mol. The quantitative estimate of drug-likeness (QED) is 0.908. The van der Waals surface area contributed by atoms with Gasteiger partial charge < -0.3 is 14.6 Å². The number of fused-ring (bicyclic) bond motifs is 1. The van der Waals surface area contributed by atoms with Gasteiger partial charge in [0.15, 0.2) is 11.5 Å². The van der Waals surface area contributed by atoms with Crippen molar-refractivity contribution in [1.29, 1.82) is 0 Å². The zero-order valence-corrected chi connectivity index (χ0v) is 11.0. The van der Waals surface area contributed by atoms with E-state index >= 15 is 0 Å². The first-order valence-corrected chi connectivity index (χ1v) is 6.04. The molecule has 0 aliphatic carbocycles. The van der Waals surface area contributed by atoms with Crippen molar-refractivity contribution in [3.8, 4) is 11.5 Å². The van der Waals surface area contributed by atoms with Gasteiger partial charge in [0, 0.05) is 9.89 Å². The van der Waals surface area contributed by atoms with Gasteiger partial charge in [0.1, 0.15) is 13.2 Å². The molecular weight excluding hydrogens is 272 g/mol. The minimum absolute atomic E-state index is 0.0885. The van der Waals surface area contributed by atoms with Crippen molar-refractivity contribution in [2.24, 2.45) is 0 Å². The molecule has 0 spiro atoms. The molecule has 0 fully saturated rings. The average Bonchev–Trinajstić information content (AvgIpc) is 2.28. The van der Waals surface area contributed by atoms with Crippen molar-refractivity contribution in [3.05, 3.63) is 22.2 Å². The average molecular weight is 287 g/mol. The molecule has 3 nitrogen and oxygen atoms in total. The fourth-order valence-corrected chi connectivity index (χ4v) is 2.53. The van der Waals surface area contributed by atoms with Gasteiger partial charge in [-0.05, 0) is 17.7 Å². The Morgan fingerprint density at radius 1 is 1.25 bits per heavy atom. The number of hydrogen-bond donors (Lipinski definition) is 1. The van der Waals surface area contributed by atoms with Gasteiger partial charge in [-0.3, -0.25) is 0 Å². The summed E-state index contributed by atoms with van der Waals surface area (Å²) in [6.45, 7) is 5.23. The molecule has 0 aromatic heterocycles. The third kappa shape index (κ3) is 2.04. The van der Waals surface area contributed by atoms with Crippen LogP contribution in [-0.2, 0) is 5.41 Å². The fraction of sp³-hybridized carbons (Fsp3) is 0.500. The molecule has 88 valence electrons. The van der Waals surface area contributed by atoms with Crippen molar-refractivity contribution in [3.63, 3.8) is 0 Å². The van der Waals surface area contributed by atoms with Crippen LogP contribution in [0.4, 0.5) is 0 Å². The molecule has 4 heteroatoms. The fourth-order valence-electron chi connectivity index (χ4n) is 1.67. The minimum Gasteiger partial charge on any atom is -0.486 e. The van der Waals surface area contributed by atoms with E-state index < -0.39 is 0 Å². The van der Waals surface area contributed by atoms with Crippen LogP contribution in [0.5, 0.6) is 11.5 Å². The number of rotatable bonds is 2. The van der Waals surface area contributed by atoms with Gasteiger partial charge in [-0.1, -0.05) is 29.8 Å². The minimum atomic E-state index is -0.297. The molecule has 0 unspecified atom stereocenters. The van der Waals surface area contributed by atoms with E-state index in [9.17, 15) is 5.11 Å². The summed E-state index contributed by atoms with van der Waals surface area (Å²) in [5.41, 5.74) is 0.730. The molecule has 1 heterocycles. The topological polar surface area (TPSA) is 38.7 Å². The predicted molar refractivity (Wildman–Crippen MR) is 65.2 cm³/mol. The molecule has 16 heavy (non-hydrogen) atoms. The molecule has 0 bridgehead atoms. The molecule has 1 aromatic rings. The van der Waals surface area contributed by atoms with Crippen molar-refractivity contribution in [2.45, 2.75) is 19.3 Å². The van der Waals surface area contributed by atoms with Crippen molar-refractivity contribution >= 4 is 15.9 Å². The maximum absolute atomic E-state index is 9.38. The summed E-state index contributed by atoms with van der Waals surface area (Å²) < 4.78 is 12.0. The van der Waals surface area contributed by atoms with Gasteiger partial charge in [-0.2, -0.15) is 0 Å². The highest BCUT2D eigenvalue weighted by Gasteiger charge is 2.25. The SMILES string of the molecule is CC(C)(CO)c1cc2c(cc1Br)OCCO2. The zero-order chi connectivity index (χ0) is 11.8. The highest BCUT2D eigenvalue weighted by molar-refractivity contribution is 9.10. The molecular formula is C12H15BrO3. The van der Waals surface area contributed by atoms with E-state index in [0.717, 1.165) is 21.5 Å². The zero-order valence-electron chi connectivity index (χ0n) is 9.42. The first kappa shape index (κ1) is 11.7. The summed E-state index contributed by atoms with van der Waals surface area (Å²) in [7, 11) is 0. The highest BCUT2D eigenvalue weighted by atomic mass is 79.9. The Hall–Kier alpha value is -0.740. The summed E-state index contributed by atoms with van der Waals surface area (Å²) >= 11 is 3.51. The molecule has 0 saturated carbocycles. The van der Waals surface area contributed by atoms with Crippen LogP contribution in [0.25, 0.3) is 0 Å². The van der Waals surface area contributed by atoms with E-state index in [1.54, 1.807) is 0 Å². The van der Waals surface area contributed by atoms with Crippen molar-refractivity contribution < 1.29 is 14.6 Å². The van der Waals surface area contributed by atoms with Gasteiger partial charge >= 0.3 is 0 Å². The van der Waals surface area contributed by atoms with E-state index in [1.807, 2.05) is 26.0 Å². The van der Waals surface area contributed by atoms with Crippen LogP contribution in [0.1, 0.15) is 19.4 Å². The first-order valence-electron chi connectivity index (χ1n) is 5.25. The third-order valence-electron chi connectivity index (χ3n) is 2.76. The predicted octanol–water partition coefficient (Wildman–Crippen LogP) is 2.49. The molecule has 1 N–H and O–H groups in total. The number of halogens is 1. The number of benzene rings is 1. The molecule has 0 atom stereocenters. The van der Waals surface area contributed by atoms with Gasteiger partial charge in [-0.25, -0.2) is 0 Å².